The molecule has 0 aromatic heterocycles. The molecule has 18 heavy (non-hydrogen) atoms. The Morgan fingerprint density at radius 2 is 2.00 bits per heavy atom. The van der Waals surface area contributed by atoms with Gasteiger partial charge < -0.3 is 16.4 Å². The summed E-state index contributed by atoms with van der Waals surface area (Å²) in [7, 11) is 0. The third-order valence-electron chi connectivity index (χ3n) is 3.70. The number of rotatable bonds is 5. The summed E-state index contributed by atoms with van der Waals surface area (Å²) in [6, 6.07) is 0.00301. The van der Waals surface area contributed by atoms with Gasteiger partial charge in [0.05, 0.1) is 6.54 Å². The van der Waals surface area contributed by atoms with Crippen molar-refractivity contribution in [1.82, 2.24) is 4.90 Å². The molecule has 0 bridgehead atoms. The van der Waals surface area contributed by atoms with Crippen LogP contribution in [0.1, 0.15) is 39.5 Å². The molecule has 1 saturated carbocycles. The van der Waals surface area contributed by atoms with Gasteiger partial charge in [-0.3, -0.25) is 9.59 Å². The monoisotopic (exact) mass is 255 g/mol. The average Bonchev–Trinajstić information content (AvgIpc) is 2.34. The molecule has 0 aromatic carbocycles. The Hall–Kier alpha value is -1.10. The van der Waals surface area contributed by atoms with Crippen LogP contribution in [0.25, 0.3) is 0 Å². The minimum absolute atomic E-state index is 0.00301. The Balaban J connectivity index is 2.67. The van der Waals surface area contributed by atoms with Crippen LogP contribution in [0, 0.1) is 11.8 Å². The zero-order chi connectivity index (χ0) is 13.7. The lowest BCUT2D eigenvalue weighted by Gasteiger charge is -2.33. The topological polar surface area (TPSA) is 89.4 Å². The average molecular weight is 255 g/mol. The summed E-state index contributed by atoms with van der Waals surface area (Å²) >= 11 is 0. The molecule has 2 atom stereocenters. The van der Waals surface area contributed by atoms with Gasteiger partial charge in [-0.25, -0.2) is 0 Å². The highest BCUT2D eigenvalue weighted by Gasteiger charge is 2.31. The minimum Gasteiger partial charge on any atom is -0.368 e. The lowest BCUT2D eigenvalue weighted by Crippen LogP contribution is -2.46. The van der Waals surface area contributed by atoms with E-state index in [4.69, 9.17) is 11.5 Å². The van der Waals surface area contributed by atoms with Crippen LogP contribution < -0.4 is 11.5 Å². The van der Waals surface area contributed by atoms with E-state index in [0.29, 0.717) is 12.5 Å². The van der Waals surface area contributed by atoms with Crippen molar-refractivity contribution < 1.29 is 9.59 Å². The van der Waals surface area contributed by atoms with E-state index in [2.05, 4.69) is 0 Å². The van der Waals surface area contributed by atoms with Gasteiger partial charge >= 0.3 is 0 Å². The van der Waals surface area contributed by atoms with Crippen molar-refractivity contribution >= 4 is 11.8 Å². The lowest BCUT2D eigenvalue weighted by molar-refractivity contribution is -0.141. The summed E-state index contributed by atoms with van der Waals surface area (Å²) in [5, 5.41) is 0. The van der Waals surface area contributed by atoms with Crippen molar-refractivity contribution in [3.8, 4) is 0 Å². The standard InChI is InChI=1S/C13H25N3O2/c1-9(2)16(8-12(15)17)13(18)11-5-3-4-10(6-11)7-14/h9-11H,3-8,14H2,1-2H3,(H2,15,17). The number of primary amides is 1. The summed E-state index contributed by atoms with van der Waals surface area (Å²) in [4.78, 5) is 25.0. The van der Waals surface area contributed by atoms with E-state index in [0.717, 1.165) is 25.7 Å². The molecular formula is C13H25N3O2. The molecule has 1 aliphatic carbocycles. The predicted octanol–water partition coefficient (Wildman–Crippen LogP) is 0.474. The van der Waals surface area contributed by atoms with Gasteiger partial charge in [-0.15, -0.1) is 0 Å². The molecule has 0 saturated heterocycles. The first-order chi connectivity index (χ1) is 8.45. The van der Waals surface area contributed by atoms with Crippen LogP contribution in [0.4, 0.5) is 0 Å². The summed E-state index contributed by atoms with van der Waals surface area (Å²) in [6.07, 6.45) is 3.90. The smallest absolute Gasteiger partial charge is 0.237 e. The van der Waals surface area contributed by atoms with Gasteiger partial charge in [0.1, 0.15) is 0 Å². The molecule has 0 aliphatic heterocycles. The Labute approximate surface area is 109 Å². The first-order valence-electron chi connectivity index (χ1n) is 6.74. The van der Waals surface area contributed by atoms with Crippen molar-refractivity contribution in [2.24, 2.45) is 23.3 Å². The summed E-state index contributed by atoms with van der Waals surface area (Å²) < 4.78 is 0. The van der Waals surface area contributed by atoms with Gasteiger partial charge in [0.25, 0.3) is 0 Å². The highest BCUT2D eigenvalue weighted by atomic mass is 16.2. The fraction of sp³-hybridized carbons (Fsp3) is 0.846. The van der Waals surface area contributed by atoms with Crippen molar-refractivity contribution in [2.45, 2.75) is 45.6 Å². The third kappa shape index (κ3) is 3.98. The number of hydrogen-bond donors (Lipinski definition) is 2. The molecule has 2 unspecified atom stereocenters. The van der Waals surface area contributed by atoms with Crippen LogP contribution in [-0.4, -0.2) is 35.8 Å². The maximum Gasteiger partial charge on any atom is 0.237 e. The first kappa shape index (κ1) is 15.0. The second kappa shape index (κ2) is 6.73. The van der Waals surface area contributed by atoms with Crippen LogP contribution in [0.15, 0.2) is 0 Å². The second-order valence-corrected chi connectivity index (χ2v) is 5.49. The maximum atomic E-state index is 12.4. The lowest BCUT2D eigenvalue weighted by atomic mass is 9.80. The summed E-state index contributed by atoms with van der Waals surface area (Å²) in [5.41, 5.74) is 10.9. The molecule has 0 aromatic rings. The van der Waals surface area contributed by atoms with E-state index < -0.39 is 5.91 Å². The minimum atomic E-state index is -0.455. The molecule has 4 N–H and O–H groups in total. The number of nitrogens with two attached hydrogens (primary N) is 2. The fourth-order valence-corrected chi connectivity index (χ4v) is 2.65. The highest BCUT2D eigenvalue weighted by molar-refractivity contribution is 5.85. The van der Waals surface area contributed by atoms with Crippen molar-refractivity contribution in [3.05, 3.63) is 0 Å². The maximum absolute atomic E-state index is 12.4. The molecule has 1 rings (SSSR count). The van der Waals surface area contributed by atoms with Crippen LogP contribution >= 0.6 is 0 Å². The molecule has 5 nitrogen and oxygen atoms in total. The number of carbonyl (C=O) groups is 2. The third-order valence-corrected chi connectivity index (χ3v) is 3.70. The Kier molecular flexibility index (Phi) is 5.59. The molecule has 0 radical (unpaired) electrons. The zero-order valence-corrected chi connectivity index (χ0v) is 11.4. The predicted molar refractivity (Wildman–Crippen MR) is 70.5 cm³/mol. The molecular weight excluding hydrogens is 230 g/mol. The summed E-state index contributed by atoms with van der Waals surface area (Å²) in [6.45, 7) is 4.47. The molecule has 2 amide bonds. The normalized spacial score (nSPS) is 24.0. The Morgan fingerprint density at radius 1 is 1.33 bits per heavy atom. The first-order valence-corrected chi connectivity index (χ1v) is 6.74. The van der Waals surface area contributed by atoms with E-state index in [9.17, 15) is 9.59 Å². The van der Waals surface area contributed by atoms with Gasteiger partial charge in [-0.2, -0.15) is 0 Å². The van der Waals surface area contributed by atoms with Crippen LogP contribution in [0.5, 0.6) is 0 Å². The Bertz CT molecular complexity index is 305. The van der Waals surface area contributed by atoms with E-state index >= 15 is 0 Å². The zero-order valence-electron chi connectivity index (χ0n) is 11.4. The number of amides is 2. The SMILES string of the molecule is CC(C)N(CC(N)=O)C(=O)C1CCCC(CN)C1. The van der Waals surface area contributed by atoms with Crippen molar-refractivity contribution in [2.75, 3.05) is 13.1 Å². The molecule has 0 spiro atoms. The molecule has 1 aliphatic rings. The molecule has 1 fully saturated rings. The van der Waals surface area contributed by atoms with Gasteiger partial charge in [0.15, 0.2) is 0 Å². The van der Waals surface area contributed by atoms with E-state index in [1.165, 1.54) is 0 Å². The Morgan fingerprint density at radius 3 is 2.50 bits per heavy atom. The van der Waals surface area contributed by atoms with Gasteiger partial charge in [-0.1, -0.05) is 6.42 Å². The largest absolute Gasteiger partial charge is 0.368 e. The van der Waals surface area contributed by atoms with Crippen molar-refractivity contribution in [3.63, 3.8) is 0 Å². The quantitative estimate of drug-likeness (QED) is 0.748. The van der Waals surface area contributed by atoms with Crippen molar-refractivity contribution in [1.29, 1.82) is 0 Å². The van der Waals surface area contributed by atoms with Gasteiger partial charge in [-0.05, 0) is 45.6 Å². The number of carbonyl (C=O) groups excluding carboxylic acids is 2. The number of nitrogens with zero attached hydrogens (tertiary/aromatic N) is 1. The van der Waals surface area contributed by atoms with E-state index in [-0.39, 0.29) is 24.4 Å². The van der Waals surface area contributed by atoms with Crippen LogP contribution in [0.2, 0.25) is 0 Å². The summed E-state index contributed by atoms with van der Waals surface area (Å²) in [5.74, 6) is 0.0505. The van der Waals surface area contributed by atoms with E-state index in [1.807, 2.05) is 13.8 Å². The number of hydrogen-bond acceptors (Lipinski definition) is 3. The van der Waals surface area contributed by atoms with E-state index in [1.54, 1.807) is 4.90 Å². The van der Waals surface area contributed by atoms with Crippen LogP contribution in [0.3, 0.4) is 0 Å². The molecule has 0 heterocycles. The molecule has 5 heteroatoms. The second-order valence-electron chi connectivity index (χ2n) is 5.49. The highest BCUT2D eigenvalue weighted by Crippen LogP contribution is 2.30. The van der Waals surface area contributed by atoms with Gasteiger partial charge in [0, 0.05) is 12.0 Å². The molecule has 104 valence electrons. The fourth-order valence-electron chi connectivity index (χ4n) is 2.65. The van der Waals surface area contributed by atoms with Crippen LogP contribution in [-0.2, 0) is 9.59 Å². The van der Waals surface area contributed by atoms with Gasteiger partial charge in [0.2, 0.25) is 11.8 Å².